The van der Waals surface area contributed by atoms with E-state index >= 15 is 0 Å². The molecule has 1 aromatic heterocycles. The molecule has 7 nitrogen and oxygen atoms in total. The number of piperazine rings is 1. The number of methoxy groups -OCH3 is 1. The molecule has 3 heterocycles. The Hall–Kier alpha value is -2.67. The fraction of sp³-hybridized carbons (Fsp3) is 0.560. The van der Waals surface area contributed by atoms with E-state index in [4.69, 9.17) is 14.7 Å². The van der Waals surface area contributed by atoms with Gasteiger partial charge in [0.2, 0.25) is 11.9 Å². The summed E-state index contributed by atoms with van der Waals surface area (Å²) in [6.45, 7) is 5.67. The highest BCUT2D eigenvalue weighted by molar-refractivity contribution is 5.79. The number of carbonyl (C=O) groups is 1. The van der Waals surface area contributed by atoms with Gasteiger partial charge in [0, 0.05) is 57.9 Å². The lowest BCUT2D eigenvalue weighted by Gasteiger charge is -2.43. The maximum atomic E-state index is 12.9. The molecule has 0 bridgehead atoms. The molecule has 0 spiro atoms. The van der Waals surface area contributed by atoms with Crippen molar-refractivity contribution in [2.75, 3.05) is 51.3 Å². The standard InChI is InChI=1S/C25H33N5O2/c1-32-22-7-5-19(6-8-22)17-24(31)29-11-9-20-18-26-25(27-23(20)10-12-29)30-15-13-28(14-16-30)21-3-2-4-21/h5-8,18,21H,2-4,9-17H2,1H3. The minimum absolute atomic E-state index is 0.170. The van der Waals surface area contributed by atoms with Gasteiger partial charge in [-0.3, -0.25) is 9.69 Å². The van der Waals surface area contributed by atoms with Crippen LogP contribution in [0, 0.1) is 0 Å². The SMILES string of the molecule is COc1ccc(CC(=O)N2CCc3cnc(N4CCN(C5CCC5)CC4)nc3CC2)cc1. The molecule has 7 heteroatoms. The summed E-state index contributed by atoms with van der Waals surface area (Å²) in [6, 6.07) is 8.55. The second-order valence-corrected chi connectivity index (χ2v) is 9.16. The summed E-state index contributed by atoms with van der Waals surface area (Å²) in [5, 5.41) is 0. The van der Waals surface area contributed by atoms with E-state index in [9.17, 15) is 4.79 Å². The number of aromatic nitrogens is 2. The molecule has 32 heavy (non-hydrogen) atoms. The average molecular weight is 436 g/mol. The molecule has 1 aromatic carbocycles. The molecule has 1 saturated carbocycles. The zero-order valence-electron chi connectivity index (χ0n) is 19.0. The van der Waals surface area contributed by atoms with Crippen molar-refractivity contribution in [3.8, 4) is 5.75 Å². The van der Waals surface area contributed by atoms with Crippen molar-refractivity contribution in [3.05, 3.63) is 47.3 Å². The number of hydrogen-bond acceptors (Lipinski definition) is 6. The molecule has 0 radical (unpaired) electrons. The van der Waals surface area contributed by atoms with Crippen molar-refractivity contribution in [1.29, 1.82) is 0 Å². The summed E-state index contributed by atoms with van der Waals surface area (Å²) in [6.07, 6.45) is 8.14. The highest BCUT2D eigenvalue weighted by Crippen LogP contribution is 2.26. The monoisotopic (exact) mass is 435 g/mol. The molecule has 170 valence electrons. The Labute approximate surface area is 190 Å². The molecule has 2 fully saturated rings. The molecule has 0 atom stereocenters. The van der Waals surface area contributed by atoms with Crippen LogP contribution in [0.25, 0.3) is 0 Å². The topological polar surface area (TPSA) is 61.8 Å². The molecule has 0 N–H and O–H groups in total. The molecule has 1 amide bonds. The van der Waals surface area contributed by atoms with Crippen molar-refractivity contribution in [3.63, 3.8) is 0 Å². The number of hydrogen-bond donors (Lipinski definition) is 0. The van der Waals surface area contributed by atoms with Gasteiger partial charge in [0.1, 0.15) is 5.75 Å². The Morgan fingerprint density at radius 3 is 2.47 bits per heavy atom. The molecule has 1 aliphatic carbocycles. The summed E-state index contributed by atoms with van der Waals surface area (Å²) in [5.41, 5.74) is 3.30. The van der Waals surface area contributed by atoms with Gasteiger partial charge in [0.15, 0.2) is 0 Å². The van der Waals surface area contributed by atoms with Crippen LogP contribution in [-0.2, 0) is 24.1 Å². The highest BCUT2D eigenvalue weighted by Gasteiger charge is 2.29. The van der Waals surface area contributed by atoms with Gasteiger partial charge < -0.3 is 14.5 Å². The quantitative estimate of drug-likeness (QED) is 0.718. The summed E-state index contributed by atoms with van der Waals surface area (Å²) >= 11 is 0. The van der Waals surface area contributed by atoms with E-state index in [0.717, 1.165) is 74.6 Å². The minimum atomic E-state index is 0.170. The van der Waals surface area contributed by atoms with Crippen molar-refractivity contribution in [2.45, 2.75) is 44.6 Å². The van der Waals surface area contributed by atoms with Gasteiger partial charge in [-0.1, -0.05) is 18.6 Å². The van der Waals surface area contributed by atoms with Crippen LogP contribution in [0.3, 0.4) is 0 Å². The predicted molar refractivity (Wildman–Crippen MR) is 124 cm³/mol. The Bertz CT molecular complexity index is 936. The van der Waals surface area contributed by atoms with Gasteiger partial charge >= 0.3 is 0 Å². The second-order valence-electron chi connectivity index (χ2n) is 9.16. The van der Waals surface area contributed by atoms with Crippen molar-refractivity contribution in [1.82, 2.24) is 19.8 Å². The van der Waals surface area contributed by atoms with Crippen LogP contribution in [0.15, 0.2) is 30.5 Å². The van der Waals surface area contributed by atoms with Crippen molar-refractivity contribution >= 4 is 11.9 Å². The maximum Gasteiger partial charge on any atom is 0.227 e. The third-order valence-corrected chi connectivity index (χ3v) is 7.27. The number of amides is 1. The average Bonchev–Trinajstić information content (AvgIpc) is 3.01. The van der Waals surface area contributed by atoms with Crippen molar-refractivity contribution in [2.24, 2.45) is 0 Å². The van der Waals surface area contributed by atoms with Crippen molar-refractivity contribution < 1.29 is 9.53 Å². The molecule has 0 unspecified atom stereocenters. The fourth-order valence-corrected chi connectivity index (χ4v) is 4.94. The van der Waals surface area contributed by atoms with Gasteiger partial charge in [-0.2, -0.15) is 0 Å². The van der Waals surface area contributed by atoms with Gasteiger partial charge in [-0.15, -0.1) is 0 Å². The number of carbonyl (C=O) groups excluding carboxylic acids is 1. The Morgan fingerprint density at radius 2 is 1.78 bits per heavy atom. The lowest BCUT2D eigenvalue weighted by atomic mass is 9.91. The fourth-order valence-electron chi connectivity index (χ4n) is 4.94. The van der Waals surface area contributed by atoms with Crippen LogP contribution >= 0.6 is 0 Å². The van der Waals surface area contributed by atoms with Crippen LogP contribution in [0.5, 0.6) is 5.75 Å². The number of anilines is 1. The maximum absolute atomic E-state index is 12.9. The van der Waals surface area contributed by atoms with Gasteiger partial charge in [-0.05, 0) is 42.5 Å². The first-order valence-corrected chi connectivity index (χ1v) is 11.9. The third kappa shape index (κ3) is 4.58. The van der Waals surface area contributed by atoms with Crippen LogP contribution in [0.2, 0.25) is 0 Å². The highest BCUT2D eigenvalue weighted by atomic mass is 16.5. The van der Waals surface area contributed by atoms with E-state index in [1.165, 1.54) is 24.8 Å². The molecular weight excluding hydrogens is 402 g/mol. The first-order valence-electron chi connectivity index (χ1n) is 11.9. The molecule has 3 aliphatic rings. The first-order chi connectivity index (χ1) is 15.7. The number of benzene rings is 1. The Kier molecular flexibility index (Phi) is 6.26. The zero-order valence-corrected chi connectivity index (χ0v) is 19.0. The number of ether oxygens (including phenoxy) is 1. The Morgan fingerprint density at radius 1 is 1.03 bits per heavy atom. The van der Waals surface area contributed by atoms with E-state index in [1.807, 2.05) is 35.4 Å². The lowest BCUT2D eigenvalue weighted by molar-refractivity contribution is -0.130. The number of fused-ring (bicyclic) bond motifs is 1. The Balaban J connectivity index is 1.18. The summed E-state index contributed by atoms with van der Waals surface area (Å²) in [5.74, 6) is 1.84. The van der Waals surface area contributed by atoms with Gasteiger partial charge in [0.25, 0.3) is 0 Å². The predicted octanol–water partition coefficient (Wildman–Crippen LogP) is 2.33. The lowest BCUT2D eigenvalue weighted by Crippen LogP contribution is -2.52. The van der Waals surface area contributed by atoms with Crippen LogP contribution < -0.4 is 9.64 Å². The smallest absolute Gasteiger partial charge is 0.227 e. The second kappa shape index (κ2) is 9.45. The van der Waals surface area contributed by atoms with Gasteiger partial charge in [0.05, 0.1) is 19.2 Å². The molecule has 1 saturated heterocycles. The van der Waals surface area contributed by atoms with E-state index < -0.39 is 0 Å². The van der Waals surface area contributed by atoms with E-state index in [-0.39, 0.29) is 5.91 Å². The summed E-state index contributed by atoms with van der Waals surface area (Å²) in [4.78, 5) is 29.5. The van der Waals surface area contributed by atoms with E-state index in [2.05, 4.69) is 9.80 Å². The zero-order chi connectivity index (χ0) is 21.9. The molecule has 2 aliphatic heterocycles. The molecule has 2 aromatic rings. The number of nitrogens with zero attached hydrogens (tertiary/aromatic N) is 5. The number of rotatable bonds is 5. The van der Waals surface area contributed by atoms with E-state index in [1.54, 1.807) is 7.11 Å². The first kappa shape index (κ1) is 21.2. The van der Waals surface area contributed by atoms with Gasteiger partial charge in [-0.25, -0.2) is 9.97 Å². The van der Waals surface area contributed by atoms with Crippen LogP contribution in [0.4, 0.5) is 5.95 Å². The molecular formula is C25H33N5O2. The minimum Gasteiger partial charge on any atom is -0.497 e. The third-order valence-electron chi connectivity index (χ3n) is 7.27. The summed E-state index contributed by atoms with van der Waals surface area (Å²) < 4.78 is 5.21. The van der Waals surface area contributed by atoms with Crippen LogP contribution in [-0.4, -0.2) is 78.1 Å². The van der Waals surface area contributed by atoms with E-state index in [0.29, 0.717) is 13.0 Å². The van der Waals surface area contributed by atoms with Crippen LogP contribution in [0.1, 0.15) is 36.1 Å². The summed E-state index contributed by atoms with van der Waals surface area (Å²) in [7, 11) is 1.65. The molecule has 5 rings (SSSR count). The largest absolute Gasteiger partial charge is 0.497 e. The normalized spacial score (nSPS) is 19.8.